The molecule has 0 unspecified atom stereocenters. The van der Waals surface area contributed by atoms with E-state index in [0.29, 0.717) is 11.5 Å². The number of ether oxygens (including phenoxy) is 2. The molecule has 78 valence electrons. The number of aryl methyl sites for hydroxylation is 1. The molecule has 1 aromatic carbocycles. The van der Waals surface area contributed by atoms with Crippen molar-refractivity contribution in [3.05, 3.63) is 22.8 Å². The summed E-state index contributed by atoms with van der Waals surface area (Å²) in [5, 5.41) is 9.15. The summed E-state index contributed by atoms with van der Waals surface area (Å²) >= 11 is 0. The van der Waals surface area contributed by atoms with E-state index >= 15 is 0 Å². The van der Waals surface area contributed by atoms with Crippen LogP contribution in [0.3, 0.4) is 0 Å². The lowest BCUT2D eigenvalue weighted by atomic mass is 10.0. The maximum atomic E-state index is 9.15. The van der Waals surface area contributed by atoms with Crippen molar-refractivity contribution in [3.8, 4) is 11.5 Å². The van der Waals surface area contributed by atoms with Crippen molar-refractivity contribution in [2.24, 2.45) is 0 Å². The average Bonchev–Trinajstić information content (AvgIpc) is 2.20. The minimum atomic E-state index is -0.0410. The van der Waals surface area contributed by atoms with E-state index in [9.17, 15) is 0 Å². The normalized spacial score (nSPS) is 10.1. The van der Waals surface area contributed by atoms with Crippen LogP contribution < -0.4 is 9.47 Å². The molecule has 0 aliphatic heterocycles. The van der Waals surface area contributed by atoms with Crippen LogP contribution in [0, 0.1) is 13.8 Å². The Kier molecular flexibility index (Phi) is 3.36. The fourth-order valence-corrected chi connectivity index (χ4v) is 1.52. The minimum Gasteiger partial charge on any atom is -0.493 e. The predicted octanol–water partition coefficient (Wildman–Crippen LogP) is 1.81. The first-order chi connectivity index (χ1) is 6.65. The Bertz CT molecular complexity index is 332. The highest BCUT2D eigenvalue weighted by Gasteiger charge is 2.14. The van der Waals surface area contributed by atoms with E-state index in [2.05, 4.69) is 0 Å². The number of benzene rings is 1. The molecule has 14 heavy (non-hydrogen) atoms. The van der Waals surface area contributed by atoms with Crippen LogP contribution in [0.2, 0.25) is 0 Å². The van der Waals surface area contributed by atoms with Gasteiger partial charge in [-0.3, -0.25) is 0 Å². The van der Waals surface area contributed by atoms with Gasteiger partial charge >= 0.3 is 0 Å². The molecule has 0 saturated heterocycles. The van der Waals surface area contributed by atoms with Crippen LogP contribution in [-0.2, 0) is 6.61 Å². The average molecular weight is 196 g/mol. The van der Waals surface area contributed by atoms with E-state index in [1.165, 1.54) is 0 Å². The topological polar surface area (TPSA) is 38.7 Å². The number of aliphatic hydroxyl groups is 1. The highest BCUT2D eigenvalue weighted by Crippen LogP contribution is 2.36. The fourth-order valence-electron chi connectivity index (χ4n) is 1.52. The molecule has 3 nitrogen and oxygen atoms in total. The summed E-state index contributed by atoms with van der Waals surface area (Å²) in [4.78, 5) is 0. The predicted molar refractivity (Wildman–Crippen MR) is 54.9 cm³/mol. The molecule has 0 heterocycles. The van der Waals surface area contributed by atoms with E-state index in [-0.39, 0.29) is 6.61 Å². The van der Waals surface area contributed by atoms with E-state index < -0.39 is 0 Å². The second-order valence-corrected chi connectivity index (χ2v) is 3.20. The van der Waals surface area contributed by atoms with Gasteiger partial charge in [-0.15, -0.1) is 0 Å². The number of rotatable bonds is 3. The molecule has 0 fully saturated rings. The second-order valence-electron chi connectivity index (χ2n) is 3.20. The molecule has 0 saturated carbocycles. The van der Waals surface area contributed by atoms with Gasteiger partial charge in [-0.1, -0.05) is 0 Å². The Morgan fingerprint density at radius 3 is 2.14 bits per heavy atom. The number of aliphatic hydroxyl groups excluding tert-OH is 1. The molecular weight excluding hydrogens is 180 g/mol. The molecule has 1 aromatic rings. The first-order valence-electron chi connectivity index (χ1n) is 4.47. The molecule has 0 aromatic heterocycles. The monoisotopic (exact) mass is 196 g/mol. The van der Waals surface area contributed by atoms with Gasteiger partial charge in [-0.2, -0.15) is 0 Å². The molecular formula is C11H16O3. The molecule has 0 spiro atoms. The van der Waals surface area contributed by atoms with E-state index in [4.69, 9.17) is 14.6 Å². The number of methoxy groups -OCH3 is 2. The third-order valence-electron chi connectivity index (χ3n) is 2.40. The number of hydrogen-bond donors (Lipinski definition) is 1. The van der Waals surface area contributed by atoms with Gasteiger partial charge in [0, 0.05) is 5.56 Å². The third-order valence-corrected chi connectivity index (χ3v) is 2.40. The van der Waals surface area contributed by atoms with Gasteiger partial charge in [-0.25, -0.2) is 0 Å². The summed E-state index contributed by atoms with van der Waals surface area (Å²) in [5.41, 5.74) is 2.89. The van der Waals surface area contributed by atoms with Gasteiger partial charge in [0.1, 0.15) is 0 Å². The van der Waals surface area contributed by atoms with Crippen LogP contribution in [0.25, 0.3) is 0 Å². The van der Waals surface area contributed by atoms with Crippen molar-refractivity contribution in [2.45, 2.75) is 20.5 Å². The Morgan fingerprint density at radius 2 is 1.71 bits per heavy atom. The van der Waals surface area contributed by atoms with Crippen LogP contribution >= 0.6 is 0 Å². The van der Waals surface area contributed by atoms with Crippen LogP contribution in [0.4, 0.5) is 0 Å². The Morgan fingerprint density at radius 1 is 1.14 bits per heavy atom. The van der Waals surface area contributed by atoms with Gasteiger partial charge in [0.2, 0.25) is 0 Å². The molecule has 0 amide bonds. The summed E-state index contributed by atoms with van der Waals surface area (Å²) < 4.78 is 10.5. The molecule has 1 rings (SSSR count). The van der Waals surface area contributed by atoms with Gasteiger partial charge in [0.25, 0.3) is 0 Å². The van der Waals surface area contributed by atoms with Crippen molar-refractivity contribution in [3.63, 3.8) is 0 Å². The van der Waals surface area contributed by atoms with Gasteiger partial charge in [0.05, 0.1) is 20.8 Å². The van der Waals surface area contributed by atoms with E-state index in [1.807, 2.05) is 19.9 Å². The van der Waals surface area contributed by atoms with Crippen molar-refractivity contribution < 1.29 is 14.6 Å². The Balaban J connectivity index is 3.42. The Hall–Kier alpha value is -1.22. The highest BCUT2D eigenvalue weighted by molar-refractivity contribution is 5.54. The summed E-state index contributed by atoms with van der Waals surface area (Å²) in [5.74, 6) is 1.33. The lowest BCUT2D eigenvalue weighted by molar-refractivity contribution is 0.269. The lowest BCUT2D eigenvalue weighted by Crippen LogP contribution is -2.00. The van der Waals surface area contributed by atoms with Crippen LogP contribution in [0.15, 0.2) is 6.07 Å². The zero-order chi connectivity index (χ0) is 10.7. The first kappa shape index (κ1) is 10.9. The largest absolute Gasteiger partial charge is 0.493 e. The van der Waals surface area contributed by atoms with Crippen molar-refractivity contribution in [2.75, 3.05) is 14.2 Å². The quantitative estimate of drug-likeness (QED) is 0.801. The Labute approximate surface area is 84.3 Å². The van der Waals surface area contributed by atoms with Crippen LogP contribution in [0.5, 0.6) is 11.5 Å². The van der Waals surface area contributed by atoms with Gasteiger partial charge in [0.15, 0.2) is 11.5 Å². The fraction of sp³-hybridized carbons (Fsp3) is 0.455. The standard InChI is InChI=1S/C11H16O3/c1-7-5-9(6-12)11(14-4)10(13-3)8(7)2/h5,12H,6H2,1-4H3. The minimum absolute atomic E-state index is 0.0410. The van der Waals surface area contributed by atoms with Crippen molar-refractivity contribution in [1.29, 1.82) is 0 Å². The van der Waals surface area contributed by atoms with Crippen molar-refractivity contribution in [1.82, 2.24) is 0 Å². The maximum absolute atomic E-state index is 9.15. The zero-order valence-electron chi connectivity index (χ0n) is 9.05. The molecule has 0 aliphatic carbocycles. The lowest BCUT2D eigenvalue weighted by Gasteiger charge is -2.15. The second kappa shape index (κ2) is 4.33. The number of hydrogen-bond acceptors (Lipinski definition) is 3. The van der Waals surface area contributed by atoms with Crippen LogP contribution in [0.1, 0.15) is 16.7 Å². The SMILES string of the molecule is COc1c(CO)cc(C)c(C)c1OC. The molecule has 1 N–H and O–H groups in total. The maximum Gasteiger partial charge on any atom is 0.166 e. The summed E-state index contributed by atoms with van der Waals surface area (Å²) in [7, 11) is 3.18. The molecule has 0 aliphatic rings. The highest BCUT2D eigenvalue weighted by atomic mass is 16.5. The summed E-state index contributed by atoms with van der Waals surface area (Å²) in [6.07, 6.45) is 0. The molecule has 0 atom stereocenters. The van der Waals surface area contributed by atoms with Crippen LogP contribution in [-0.4, -0.2) is 19.3 Å². The zero-order valence-corrected chi connectivity index (χ0v) is 9.05. The summed E-state index contributed by atoms with van der Waals surface area (Å²) in [6, 6.07) is 1.91. The van der Waals surface area contributed by atoms with E-state index in [0.717, 1.165) is 16.7 Å². The smallest absolute Gasteiger partial charge is 0.166 e. The first-order valence-corrected chi connectivity index (χ1v) is 4.47. The molecule has 0 bridgehead atoms. The molecule has 3 heteroatoms. The summed E-state index contributed by atoms with van der Waals surface area (Å²) in [6.45, 7) is 3.91. The van der Waals surface area contributed by atoms with Gasteiger partial charge in [-0.05, 0) is 31.0 Å². The van der Waals surface area contributed by atoms with E-state index in [1.54, 1.807) is 14.2 Å². The molecule has 0 radical (unpaired) electrons. The van der Waals surface area contributed by atoms with Gasteiger partial charge < -0.3 is 14.6 Å². The third kappa shape index (κ3) is 1.68. The van der Waals surface area contributed by atoms with Crippen molar-refractivity contribution >= 4 is 0 Å².